The van der Waals surface area contributed by atoms with E-state index in [1.54, 1.807) is 6.07 Å². The average Bonchev–Trinajstić information content (AvgIpc) is 2.37. The van der Waals surface area contributed by atoms with Crippen LogP contribution in [0.25, 0.3) is 0 Å². The quantitative estimate of drug-likeness (QED) is 0.809. The fourth-order valence-electron chi connectivity index (χ4n) is 1.72. The molecule has 18 heavy (non-hydrogen) atoms. The predicted octanol–water partition coefficient (Wildman–Crippen LogP) is 4.20. The van der Waals surface area contributed by atoms with E-state index in [-0.39, 0.29) is 11.5 Å². The van der Waals surface area contributed by atoms with Gasteiger partial charge in [0.15, 0.2) is 0 Å². The molecule has 0 radical (unpaired) electrons. The van der Waals surface area contributed by atoms with Crippen LogP contribution in [-0.2, 0) is 6.42 Å². The predicted molar refractivity (Wildman–Crippen MR) is 74.3 cm³/mol. The largest absolute Gasteiger partial charge is 0.508 e. The van der Waals surface area contributed by atoms with E-state index >= 15 is 0 Å². The molecule has 0 aliphatic rings. The minimum atomic E-state index is 0.165. The highest BCUT2D eigenvalue weighted by atomic mass is 32.2. The van der Waals surface area contributed by atoms with E-state index in [2.05, 4.69) is 19.1 Å². The Morgan fingerprint density at radius 3 is 2.39 bits per heavy atom. The molecule has 3 heteroatoms. The smallest absolute Gasteiger partial charge is 0.129 e. The summed E-state index contributed by atoms with van der Waals surface area (Å²) in [6, 6.07) is 12.8. The van der Waals surface area contributed by atoms with Crippen LogP contribution in [0.15, 0.2) is 52.3 Å². The summed E-state index contributed by atoms with van der Waals surface area (Å²) in [5.41, 5.74) is 1.32. The van der Waals surface area contributed by atoms with Crippen molar-refractivity contribution in [1.82, 2.24) is 0 Å². The summed E-state index contributed by atoms with van der Waals surface area (Å²) in [4.78, 5) is 1.72. The summed E-state index contributed by atoms with van der Waals surface area (Å²) in [6.07, 6.45) is 2.22. The van der Waals surface area contributed by atoms with Crippen molar-refractivity contribution in [2.75, 3.05) is 0 Å². The molecule has 94 valence electrons. The Morgan fingerprint density at radius 1 is 1.00 bits per heavy atom. The summed E-state index contributed by atoms with van der Waals surface area (Å²) in [5.74, 6) is 0.355. The van der Waals surface area contributed by atoms with E-state index in [1.165, 1.54) is 29.5 Å². The number of phenolic OH excluding ortho intramolecular Hbond substituents is 2. The molecule has 0 aromatic heterocycles. The molecule has 0 unspecified atom stereocenters. The Balaban J connectivity index is 2.15. The zero-order valence-corrected chi connectivity index (χ0v) is 11.1. The Kier molecular flexibility index (Phi) is 4.15. The van der Waals surface area contributed by atoms with Crippen molar-refractivity contribution in [3.8, 4) is 11.5 Å². The maximum absolute atomic E-state index is 9.70. The molecule has 2 aromatic carbocycles. The first-order valence-electron chi connectivity index (χ1n) is 5.98. The first-order chi connectivity index (χ1) is 8.69. The van der Waals surface area contributed by atoms with Gasteiger partial charge in [-0.1, -0.05) is 37.2 Å². The molecule has 0 heterocycles. The van der Waals surface area contributed by atoms with Crippen LogP contribution in [0.1, 0.15) is 18.9 Å². The van der Waals surface area contributed by atoms with E-state index in [4.69, 9.17) is 0 Å². The molecule has 2 aromatic rings. The van der Waals surface area contributed by atoms with Crippen LogP contribution in [0.4, 0.5) is 0 Å². The van der Waals surface area contributed by atoms with Gasteiger partial charge in [-0.2, -0.15) is 0 Å². The maximum Gasteiger partial charge on any atom is 0.129 e. The molecule has 0 atom stereocenters. The van der Waals surface area contributed by atoms with Crippen molar-refractivity contribution in [3.63, 3.8) is 0 Å². The number of aryl methyl sites for hydroxylation is 1. The second kappa shape index (κ2) is 5.83. The van der Waals surface area contributed by atoms with Crippen molar-refractivity contribution in [2.24, 2.45) is 0 Å². The van der Waals surface area contributed by atoms with Gasteiger partial charge in [-0.3, -0.25) is 0 Å². The first-order valence-corrected chi connectivity index (χ1v) is 6.79. The van der Waals surface area contributed by atoms with Gasteiger partial charge in [-0.05, 0) is 42.3 Å². The van der Waals surface area contributed by atoms with Gasteiger partial charge in [0.25, 0.3) is 0 Å². The second-order valence-electron chi connectivity index (χ2n) is 4.15. The normalized spacial score (nSPS) is 10.5. The minimum Gasteiger partial charge on any atom is -0.508 e. The maximum atomic E-state index is 9.70. The summed E-state index contributed by atoms with van der Waals surface area (Å²) in [7, 11) is 0. The molecule has 0 fully saturated rings. The highest BCUT2D eigenvalue weighted by Gasteiger charge is 2.04. The van der Waals surface area contributed by atoms with Crippen molar-refractivity contribution in [2.45, 2.75) is 29.6 Å². The number of phenols is 2. The molecule has 2 rings (SSSR count). The fraction of sp³-hybridized carbons (Fsp3) is 0.200. The zero-order chi connectivity index (χ0) is 13.0. The molecule has 0 amide bonds. The van der Waals surface area contributed by atoms with Crippen LogP contribution in [0.3, 0.4) is 0 Å². The molecular weight excluding hydrogens is 244 g/mol. The Hall–Kier alpha value is -1.61. The zero-order valence-electron chi connectivity index (χ0n) is 10.3. The van der Waals surface area contributed by atoms with Gasteiger partial charge >= 0.3 is 0 Å². The Labute approximate surface area is 111 Å². The van der Waals surface area contributed by atoms with E-state index in [0.29, 0.717) is 4.90 Å². The SMILES string of the molecule is CCCc1ccc(Sc2cc(O)ccc2O)cc1. The van der Waals surface area contributed by atoms with E-state index in [1.807, 2.05) is 12.1 Å². The summed E-state index contributed by atoms with van der Waals surface area (Å²) < 4.78 is 0. The van der Waals surface area contributed by atoms with Gasteiger partial charge in [0.1, 0.15) is 11.5 Å². The second-order valence-corrected chi connectivity index (χ2v) is 5.26. The third kappa shape index (κ3) is 3.20. The Morgan fingerprint density at radius 2 is 1.72 bits per heavy atom. The molecular formula is C15H16O2S. The molecule has 0 aliphatic heterocycles. The van der Waals surface area contributed by atoms with Crippen molar-refractivity contribution < 1.29 is 10.2 Å². The van der Waals surface area contributed by atoms with Crippen LogP contribution in [-0.4, -0.2) is 10.2 Å². The summed E-state index contributed by atoms with van der Waals surface area (Å²) >= 11 is 1.45. The summed E-state index contributed by atoms with van der Waals surface area (Å²) in [6.45, 7) is 2.16. The number of hydrogen-bond acceptors (Lipinski definition) is 3. The van der Waals surface area contributed by atoms with Crippen LogP contribution >= 0.6 is 11.8 Å². The lowest BCUT2D eigenvalue weighted by molar-refractivity contribution is 0.448. The minimum absolute atomic E-state index is 0.165. The van der Waals surface area contributed by atoms with Crippen LogP contribution in [0.2, 0.25) is 0 Å². The van der Waals surface area contributed by atoms with Crippen LogP contribution in [0, 0.1) is 0 Å². The Bertz CT molecular complexity index is 521. The fourth-order valence-corrected chi connectivity index (χ4v) is 2.60. The van der Waals surface area contributed by atoms with Crippen molar-refractivity contribution in [3.05, 3.63) is 48.0 Å². The third-order valence-corrected chi connectivity index (χ3v) is 3.69. The highest BCUT2D eigenvalue weighted by molar-refractivity contribution is 7.99. The number of benzene rings is 2. The molecule has 0 bridgehead atoms. The molecule has 2 N–H and O–H groups in total. The van der Waals surface area contributed by atoms with Gasteiger partial charge in [0, 0.05) is 4.90 Å². The number of hydrogen-bond donors (Lipinski definition) is 2. The van der Waals surface area contributed by atoms with Crippen LogP contribution in [0.5, 0.6) is 11.5 Å². The summed E-state index contributed by atoms with van der Waals surface area (Å²) in [5, 5.41) is 19.1. The molecule has 0 aliphatic carbocycles. The highest BCUT2D eigenvalue weighted by Crippen LogP contribution is 2.36. The van der Waals surface area contributed by atoms with Gasteiger partial charge < -0.3 is 10.2 Å². The van der Waals surface area contributed by atoms with E-state index < -0.39 is 0 Å². The van der Waals surface area contributed by atoms with Gasteiger partial charge in [-0.15, -0.1) is 0 Å². The molecule has 0 saturated heterocycles. The van der Waals surface area contributed by atoms with Crippen molar-refractivity contribution >= 4 is 11.8 Å². The molecule has 0 spiro atoms. The first kappa shape index (κ1) is 12.8. The lowest BCUT2D eigenvalue weighted by atomic mass is 10.1. The lowest BCUT2D eigenvalue weighted by Gasteiger charge is -2.06. The van der Waals surface area contributed by atoms with Gasteiger partial charge in [0.2, 0.25) is 0 Å². The molecule has 2 nitrogen and oxygen atoms in total. The van der Waals surface area contributed by atoms with E-state index in [0.717, 1.165) is 17.7 Å². The number of aromatic hydroxyl groups is 2. The third-order valence-electron chi connectivity index (χ3n) is 2.63. The standard InChI is InChI=1S/C15H16O2S/c1-2-3-11-4-7-13(8-5-11)18-15-10-12(16)6-9-14(15)17/h4-10,16-17H,2-3H2,1H3. The van der Waals surface area contributed by atoms with Gasteiger partial charge in [-0.25, -0.2) is 0 Å². The average molecular weight is 260 g/mol. The number of rotatable bonds is 4. The topological polar surface area (TPSA) is 40.5 Å². The molecule has 0 saturated carbocycles. The van der Waals surface area contributed by atoms with Gasteiger partial charge in [0.05, 0.1) is 4.90 Å². The monoisotopic (exact) mass is 260 g/mol. The lowest BCUT2D eigenvalue weighted by Crippen LogP contribution is -1.82. The van der Waals surface area contributed by atoms with Crippen molar-refractivity contribution in [1.29, 1.82) is 0 Å². The van der Waals surface area contributed by atoms with E-state index in [9.17, 15) is 10.2 Å². The van der Waals surface area contributed by atoms with Crippen LogP contribution < -0.4 is 0 Å².